The molecular formula is C96H139N9O11. The van der Waals surface area contributed by atoms with Crippen LogP contribution in [-0.4, -0.2) is 102 Å². The molecule has 0 bridgehead atoms. The maximum atomic E-state index is 9.85. The fourth-order valence-electron chi connectivity index (χ4n) is 11.5. The second-order valence-corrected chi connectivity index (χ2v) is 30.1. The zero-order chi connectivity index (χ0) is 87.0. The molecular weight excluding hydrogens is 1460 g/mol. The van der Waals surface area contributed by atoms with Crippen LogP contribution in [0.25, 0.3) is 0 Å². The van der Waals surface area contributed by atoms with Crippen molar-refractivity contribution in [2.75, 3.05) is 0 Å². The number of aliphatic hydroxyl groups excluding tert-OH is 6. The predicted octanol–water partition coefficient (Wildman–Crippen LogP) is 21.9. The molecule has 8 aromatic rings. The Hall–Kier alpha value is -10.3. The highest BCUT2D eigenvalue weighted by Crippen LogP contribution is 2.33. The van der Waals surface area contributed by atoms with E-state index in [-0.39, 0.29) is 42.0 Å². The monoisotopic (exact) mass is 1590 g/mol. The van der Waals surface area contributed by atoms with Gasteiger partial charge in [0.05, 0.1) is 42.5 Å². The van der Waals surface area contributed by atoms with Crippen molar-refractivity contribution in [3.8, 4) is 28.7 Å². The van der Waals surface area contributed by atoms with Crippen LogP contribution in [0.3, 0.4) is 0 Å². The van der Waals surface area contributed by atoms with Crippen LogP contribution in [0, 0.1) is 98.7 Å². The Morgan fingerprint density at radius 3 is 1.16 bits per heavy atom. The number of aromatic hydroxyl groups is 5. The first-order chi connectivity index (χ1) is 54.0. The molecule has 0 aliphatic carbocycles. The number of phenolic OH excluding ortho intramolecular Hbond substituents is 5. The molecule has 20 heteroatoms. The molecule has 0 saturated carbocycles. The van der Waals surface area contributed by atoms with E-state index in [0.29, 0.717) is 134 Å². The summed E-state index contributed by atoms with van der Waals surface area (Å²) in [6.07, 6.45) is 9.06. The van der Waals surface area contributed by atoms with Gasteiger partial charge in [0.25, 0.3) is 0 Å². The molecule has 0 radical (unpaired) electrons. The van der Waals surface area contributed by atoms with Crippen molar-refractivity contribution in [2.24, 2.45) is 5.73 Å². The van der Waals surface area contributed by atoms with Crippen LogP contribution in [-0.2, 0) is 12.8 Å². The van der Waals surface area contributed by atoms with Gasteiger partial charge in [-0.3, -0.25) is 5.41 Å². The number of nitrogens with two attached hydrogens (primary N) is 1. The molecule has 0 aliphatic heterocycles. The minimum absolute atomic E-state index is 0. The first-order valence-electron chi connectivity index (χ1n) is 39.3. The lowest BCUT2D eigenvalue weighted by molar-refractivity contribution is 0.168. The summed E-state index contributed by atoms with van der Waals surface area (Å²) >= 11 is 0. The number of hydrogen-bond donors (Lipinski definition) is 20. The van der Waals surface area contributed by atoms with Crippen LogP contribution in [0.5, 0.6) is 28.7 Å². The zero-order valence-electron chi connectivity index (χ0n) is 70.8. The minimum Gasteiger partial charge on any atom is -0.508 e. The van der Waals surface area contributed by atoms with Gasteiger partial charge in [0, 0.05) is 46.4 Å². The normalized spacial score (nSPS) is 11.8. The molecule has 0 saturated heterocycles. The van der Waals surface area contributed by atoms with E-state index in [1.165, 1.54) is 16.7 Å². The summed E-state index contributed by atoms with van der Waals surface area (Å²) in [5.74, 6) is 0.498. The lowest BCUT2D eigenvalue weighted by Gasteiger charge is -2.13. The van der Waals surface area contributed by atoms with Crippen molar-refractivity contribution in [3.05, 3.63) is 253 Å². The van der Waals surface area contributed by atoms with Gasteiger partial charge < -0.3 is 99.8 Å². The molecule has 6 atom stereocenters. The van der Waals surface area contributed by atoms with Gasteiger partial charge in [0.15, 0.2) is 11.5 Å². The summed E-state index contributed by atoms with van der Waals surface area (Å²) in [5, 5.41) is 164. The summed E-state index contributed by atoms with van der Waals surface area (Å²) in [5.41, 5.74) is 25.2. The minimum atomic E-state index is -0.680. The molecule has 116 heavy (non-hydrogen) atoms. The topological polar surface area (TPSA) is 439 Å². The number of aliphatic hydroxyl groups is 6. The van der Waals surface area contributed by atoms with Crippen molar-refractivity contribution in [3.63, 3.8) is 0 Å². The Kier molecular flexibility index (Phi) is 52.5. The molecule has 634 valence electrons. The lowest BCUT2D eigenvalue weighted by atomic mass is 9.99. The number of aryl methyl sites for hydroxylation is 10. The third kappa shape index (κ3) is 47.5. The SMILES string of the molecule is C.CC(=N)CCCc1cc(C)cc(O)c1O.CC(=N)CCCc1ccccc1C.CC(=N)CC[C@H](O)c1cc(C)cc(O)c1.CC(=N)CC[C@H](O)c1ccc(C)c(O)c1.CC(=N)CC[C@H](O)c1ccc(C)cc1.CC(=N)CC[C@H](O)c1cccc(C)c1.CC(=N)CC[C@H](O)c1ccccc1C.Cc1ccc(O)cc1[C@@H](O)CCC(=N)N. The van der Waals surface area contributed by atoms with Crippen molar-refractivity contribution in [1.82, 2.24) is 0 Å². The largest absolute Gasteiger partial charge is 0.508 e. The number of rotatable bonds is 32. The first-order valence-corrected chi connectivity index (χ1v) is 39.3. The average molecular weight is 1600 g/mol. The second-order valence-electron chi connectivity index (χ2n) is 30.1. The Labute approximate surface area is 692 Å². The number of phenols is 5. The Balaban J connectivity index is 0.00000130. The van der Waals surface area contributed by atoms with E-state index >= 15 is 0 Å². The third-order valence-corrected chi connectivity index (χ3v) is 18.4. The van der Waals surface area contributed by atoms with Gasteiger partial charge in [-0.15, -0.1) is 0 Å². The fraction of sp³-hybridized carbons (Fsp3) is 0.417. The average Bonchev–Trinajstić information content (AvgIpc) is 0.863. The number of hydrogen-bond acceptors (Lipinski definition) is 19. The second kappa shape index (κ2) is 57.7. The third-order valence-electron chi connectivity index (χ3n) is 18.4. The van der Waals surface area contributed by atoms with Crippen LogP contribution < -0.4 is 5.73 Å². The summed E-state index contributed by atoms with van der Waals surface area (Å²) < 4.78 is 0. The highest BCUT2D eigenvalue weighted by molar-refractivity contribution is 5.81. The van der Waals surface area contributed by atoms with E-state index in [2.05, 4.69) is 31.2 Å². The zero-order valence-corrected chi connectivity index (χ0v) is 70.8. The highest BCUT2D eigenvalue weighted by atomic mass is 16.3. The molecule has 0 aliphatic rings. The van der Waals surface area contributed by atoms with Crippen LogP contribution in [0.15, 0.2) is 164 Å². The molecule has 0 heterocycles. The number of amidine groups is 1. The van der Waals surface area contributed by atoms with Crippen LogP contribution in [0.4, 0.5) is 0 Å². The van der Waals surface area contributed by atoms with Gasteiger partial charge >= 0.3 is 0 Å². The van der Waals surface area contributed by atoms with E-state index in [9.17, 15) is 56.2 Å². The summed E-state index contributed by atoms with van der Waals surface area (Å²) in [4.78, 5) is 0. The molecule has 0 aromatic heterocycles. The lowest BCUT2D eigenvalue weighted by Crippen LogP contribution is -2.11. The smallest absolute Gasteiger partial charge is 0.160 e. The predicted molar refractivity (Wildman–Crippen MR) is 481 cm³/mol. The maximum absolute atomic E-state index is 9.85. The Morgan fingerprint density at radius 1 is 0.293 bits per heavy atom. The van der Waals surface area contributed by atoms with Crippen LogP contribution in [0.2, 0.25) is 0 Å². The molecule has 0 amide bonds. The van der Waals surface area contributed by atoms with E-state index in [1.54, 1.807) is 96.1 Å². The summed E-state index contributed by atoms with van der Waals surface area (Å²) in [6.45, 7) is 28.0. The van der Waals surface area contributed by atoms with Gasteiger partial charge in [-0.1, -0.05) is 146 Å². The van der Waals surface area contributed by atoms with Gasteiger partial charge in [-0.2, -0.15) is 0 Å². The molecule has 0 spiro atoms. The Bertz CT molecular complexity index is 4310. The van der Waals surface area contributed by atoms with Crippen LogP contribution in [0.1, 0.15) is 284 Å². The number of benzene rings is 8. The molecule has 0 fully saturated rings. The van der Waals surface area contributed by atoms with Gasteiger partial charge in [0.1, 0.15) is 17.2 Å². The summed E-state index contributed by atoms with van der Waals surface area (Å²) in [7, 11) is 0. The molecule has 0 unspecified atom stereocenters. The van der Waals surface area contributed by atoms with Crippen molar-refractivity contribution < 1.29 is 56.2 Å². The Morgan fingerprint density at radius 2 is 0.690 bits per heavy atom. The summed E-state index contributed by atoms with van der Waals surface area (Å²) in [6, 6.07) is 50.6. The quantitative estimate of drug-likeness (QED) is 0.0106. The highest BCUT2D eigenvalue weighted by Gasteiger charge is 2.16. The van der Waals surface area contributed by atoms with Crippen molar-refractivity contribution in [2.45, 2.75) is 263 Å². The van der Waals surface area contributed by atoms with Crippen molar-refractivity contribution in [1.29, 1.82) is 43.3 Å². The first kappa shape index (κ1) is 106. The fourth-order valence-corrected chi connectivity index (χ4v) is 11.5. The van der Waals surface area contributed by atoms with E-state index in [1.807, 2.05) is 140 Å². The number of nitrogens with one attached hydrogen (secondary N) is 8. The van der Waals surface area contributed by atoms with Crippen molar-refractivity contribution >= 4 is 45.8 Å². The standard InChI is InChI=1S/3C12H17NO2.3C12H17NO.C12H17N.C11H16N2O2.CH4/c1-8-3-5-10(7-12(8)15)11(14)6-4-9(2)13;1-8-5-10(7-11(14)6-8)12(15)4-3-9(2)13;1-8-6-10(5-3-4-9(2)13)12(15)11(14)7-8;1-9-3-6-11(7-4-9)12(14)8-5-10(2)13;1-9-4-3-5-11(8-9)12(14)7-6-10(2)13;1-9-5-3-4-6-11(9)12(14)8-7-10(2)13;1-10-6-3-4-8-12(10)9-5-7-11(2)13;1-7-2-3-8(14)6-9(7)10(15)4-5-11(12)13;/h3,5,7,11,13-15H,4,6H2,1-2H3;5-7,12-15H,3-4H2,1-2H3;6-7,13-15H,3-5H2,1-2H3;3-4,6-7,12-14H,5,8H2,1-2H3;3-5,8,12-14H,6-7H2,1-2H3;3-6,12-14H,7-8H2,1-2H3;3-4,6,8,13H,5,7,9H2,1-2H3;2-3,6,10,14-15H,4-5H2,1H3,(H3,12,13);1H4/t11-;12-;;3*12-;;10-;/m00.000.0./s1. The van der Waals surface area contributed by atoms with Gasteiger partial charge in [-0.05, 0) is 327 Å². The van der Waals surface area contributed by atoms with E-state index in [0.717, 1.165) is 93.5 Å². The van der Waals surface area contributed by atoms with Gasteiger partial charge in [-0.25, -0.2) is 0 Å². The molecule has 21 N–H and O–H groups in total. The molecule has 8 aromatic carbocycles. The molecule has 20 nitrogen and oxygen atoms in total. The van der Waals surface area contributed by atoms with E-state index in [4.69, 9.17) is 49.0 Å². The molecule has 8 rings (SSSR count). The van der Waals surface area contributed by atoms with E-state index < -0.39 is 36.6 Å². The van der Waals surface area contributed by atoms with Crippen LogP contribution >= 0.6 is 0 Å². The van der Waals surface area contributed by atoms with Gasteiger partial charge in [0.2, 0.25) is 0 Å². The maximum Gasteiger partial charge on any atom is 0.160 e.